The number of aromatic amines is 1. The Morgan fingerprint density at radius 3 is 2.90 bits per heavy atom. The normalized spacial score (nSPS) is 24.1. The standard InChI is InChI=1S/C15H25N3OS/c1-2-10-16-12-7-5-3-4-6-8-13(12)20-15-17-11-9-14(19)18-15/h9,11-13,16H,2-8,10H2,1H3,(H,17,18,19). The molecule has 2 N–H and O–H groups in total. The third-order valence-corrected chi connectivity index (χ3v) is 5.07. The summed E-state index contributed by atoms with van der Waals surface area (Å²) >= 11 is 1.73. The van der Waals surface area contributed by atoms with Crippen molar-refractivity contribution < 1.29 is 0 Å². The van der Waals surface area contributed by atoms with Crippen molar-refractivity contribution in [2.24, 2.45) is 0 Å². The van der Waals surface area contributed by atoms with Crippen molar-refractivity contribution in [3.63, 3.8) is 0 Å². The maximum absolute atomic E-state index is 11.4. The van der Waals surface area contributed by atoms with Gasteiger partial charge in [0.15, 0.2) is 5.16 Å². The minimum atomic E-state index is -0.0635. The van der Waals surface area contributed by atoms with Crippen LogP contribution >= 0.6 is 11.8 Å². The number of hydrogen-bond acceptors (Lipinski definition) is 4. The van der Waals surface area contributed by atoms with Gasteiger partial charge < -0.3 is 10.3 Å². The highest BCUT2D eigenvalue weighted by atomic mass is 32.2. The predicted molar refractivity (Wildman–Crippen MR) is 84.3 cm³/mol. The Morgan fingerprint density at radius 1 is 1.35 bits per heavy atom. The smallest absolute Gasteiger partial charge is 0.251 e. The summed E-state index contributed by atoms with van der Waals surface area (Å²) < 4.78 is 0. The lowest BCUT2D eigenvalue weighted by Gasteiger charge is -2.29. The molecule has 1 aliphatic carbocycles. The fraction of sp³-hybridized carbons (Fsp3) is 0.733. The van der Waals surface area contributed by atoms with Crippen LogP contribution in [0, 0.1) is 0 Å². The molecule has 1 saturated carbocycles. The molecule has 1 aromatic heterocycles. The zero-order valence-electron chi connectivity index (χ0n) is 12.2. The van der Waals surface area contributed by atoms with Gasteiger partial charge in [0.2, 0.25) is 0 Å². The molecular formula is C15H25N3OS. The Morgan fingerprint density at radius 2 is 2.15 bits per heavy atom. The van der Waals surface area contributed by atoms with Gasteiger partial charge in [-0.3, -0.25) is 4.79 Å². The number of nitrogens with one attached hydrogen (secondary N) is 2. The number of H-pyrrole nitrogens is 1. The van der Waals surface area contributed by atoms with Crippen molar-refractivity contribution in [2.75, 3.05) is 6.54 Å². The first-order valence-electron chi connectivity index (χ1n) is 7.75. The second-order valence-electron chi connectivity index (χ2n) is 5.45. The van der Waals surface area contributed by atoms with Gasteiger partial charge >= 0.3 is 0 Å². The molecule has 2 atom stereocenters. The van der Waals surface area contributed by atoms with Gasteiger partial charge in [0.1, 0.15) is 0 Å². The number of hydrogen-bond donors (Lipinski definition) is 2. The van der Waals surface area contributed by atoms with E-state index in [1.54, 1.807) is 18.0 Å². The van der Waals surface area contributed by atoms with Crippen LogP contribution in [-0.4, -0.2) is 27.8 Å². The molecule has 112 valence electrons. The molecule has 1 heterocycles. The summed E-state index contributed by atoms with van der Waals surface area (Å²) in [5.41, 5.74) is -0.0635. The average molecular weight is 295 g/mol. The number of thioether (sulfide) groups is 1. The molecule has 0 saturated heterocycles. The van der Waals surface area contributed by atoms with Crippen LogP contribution in [0.5, 0.6) is 0 Å². The Balaban J connectivity index is 2.03. The Bertz CT molecular complexity index is 447. The van der Waals surface area contributed by atoms with Crippen LogP contribution in [0.2, 0.25) is 0 Å². The van der Waals surface area contributed by atoms with E-state index in [1.165, 1.54) is 44.6 Å². The summed E-state index contributed by atoms with van der Waals surface area (Å²) in [7, 11) is 0. The summed E-state index contributed by atoms with van der Waals surface area (Å²) in [6.45, 7) is 3.27. The van der Waals surface area contributed by atoms with E-state index in [0.717, 1.165) is 18.1 Å². The number of aromatic nitrogens is 2. The van der Waals surface area contributed by atoms with E-state index in [1.807, 2.05) is 0 Å². The maximum Gasteiger partial charge on any atom is 0.251 e. The molecule has 0 aromatic carbocycles. The van der Waals surface area contributed by atoms with Crippen molar-refractivity contribution in [2.45, 2.75) is 68.3 Å². The number of rotatable bonds is 5. The van der Waals surface area contributed by atoms with Crippen LogP contribution in [-0.2, 0) is 0 Å². The molecule has 5 heteroatoms. The molecule has 1 fully saturated rings. The molecule has 4 nitrogen and oxygen atoms in total. The van der Waals surface area contributed by atoms with Crippen LogP contribution in [0.25, 0.3) is 0 Å². The fourth-order valence-electron chi connectivity index (χ4n) is 2.71. The van der Waals surface area contributed by atoms with Gasteiger partial charge in [-0.2, -0.15) is 0 Å². The highest BCUT2D eigenvalue weighted by Crippen LogP contribution is 2.30. The summed E-state index contributed by atoms with van der Waals surface area (Å²) in [6, 6.07) is 2.00. The van der Waals surface area contributed by atoms with Gasteiger partial charge in [-0.15, -0.1) is 0 Å². The van der Waals surface area contributed by atoms with E-state index in [-0.39, 0.29) is 5.56 Å². The van der Waals surface area contributed by atoms with E-state index in [0.29, 0.717) is 11.3 Å². The molecule has 20 heavy (non-hydrogen) atoms. The van der Waals surface area contributed by atoms with Crippen molar-refractivity contribution >= 4 is 11.8 Å². The Hall–Kier alpha value is -0.810. The van der Waals surface area contributed by atoms with Crippen molar-refractivity contribution in [1.29, 1.82) is 0 Å². The van der Waals surface area contributed by atoms with Gasteiger partial charge in [-0.1, -0.05) is 44.4 Å². The first-order chi connectivity index (χ1) is 9.79. The van der Waals surface area contributed by atoms with Crippen LogP contribution in [0.4, 0.5) is 0 Å². The zero-order chi connectivity index (χ0) is 14.2. The Kier molecular flexibility index (Phi) is 6.60. The highest BCUT2D eigenvalue weighted by molar-refractivity contribution is 7.99. The molecule has 2 rings (SSSR count). The fourth-order valence-corrected chi connectivity index (χ4v) is 3.96. The van der Waals surface area contributed by atoms with Crippen LogP contribution in [0.1, 0.15) is 51.9 Å². The molecule has 0 aliphatic heterocycles. The largest absolute Gasteiger partial charge is 0.313 e. The second kappa shape index (κ2) is 8.47. The van der Waals surface area contributed by atoms with E-state index in [4.69, 9.17) is 0 Å². The third-order valence-electron chi connectivity index (χ3n) is 3.77. The van der Waals surface area contributed by atoms with E-state index >= 15 is 0 Å². The summed E-state index contributed by atoms with van der Waals surface area (Å²) in [4.78, 5) is 18.5. The summed E-state index contributed by atoms with van der Waals surface area (Å²) in [6.07, 6.45) is 10.4. The van der Waals surface area contributed by atoms with Crippen molar-refractivity contribution in [3.8, 4) is 0 Å². The van der Waals surface area contributed by atoms with Crippen molar-refractivity contribution in [3.05, 3.63) is 22.6 Å². The summed E-state index contributed by atoms with van der Waals surface area (Å²) in [5.74, 6) is 0. The van der Waals surface area contributed by atoms with Crippen LogP contribution in [0.3, 0.4) is 0 Å². The molecule has 2 unspecified atom stereocenters. The lowest BCUT2D eigenvalue weighted by Crippen LogP contribution is -2.39. The minimum Gasteiger partial charge on any atom is -0.313 e. The Labute approximate surface area is 125 Å². The SMILES string of the molecule is CCCNC1CCCCCCC1Sc1nccc(=O)[nH]1. The lowest BCUT2D eigenvalue weighted by atomic mass is 9.96. The summed E-state index contributed by atoms with van der Waals surface area (Å²) in [5, 5.41) is 4.95. The molecule has 1 aromatic rings. The minimum absolute atomic E-state index is 0.0635. The zero-order valence-corrected chi connectivity index (χ0v) is 13.0. The average Bonchev–Trinajstić information content (AvgIpc) is 2.41. The molecule has 0 amide bonds. The molecule has 0 radical (unpaired) electrons. The van der Waals surface area contributed by atoms with Crippen LogP contribution in [0.15, 0.2) is 22.2 Å². The van der Waals surface area contributed by atoms with Gasteiger partial charge in [0.05, 0.1) is 0 Å². The van der Waals surface area contributed by atoms with Crippen molar-refractivity contribution in [1.82, 2.24) is 15.3 Å². The quantitative estimate of drug-likeness (QED) is 0.820. The van der Waals surface area contributed by atoms with Gasteiger partial charge in [0, 0.05) is 23.6 Å². The molecule has 1 aliphatic rings. The van der Waals surface area contributed by atoms with Gasteiger partial charge in [-0.25, -0.2) is 4.98 Å². The first kappa shape index (κ1) is 15.6. The topological polar surface area (TPSA) is 57.8 Å². The molecule has 0 bridgehead atoms. The molecule has 0 spiro atoms. The van der Waals surface area contributed by atoms with E-state index < -0.39 is 0 Å². The second-order valence-corrected chi connectivity index (χ2v) is 6.68. The van der Waals surface area contributed by atoms with E-state index in [9.17, 15) is 4.79 Å². The molecular weight excluding hydrogens is 270 g/mol. The maximum atomic E-state index is 11.4. The first-order valence-corrected chi connectivity index (χ1v) is 8.63. The van der Waals surface area contributed by atoms with Crippen LogP contribution < -0.4 is 10.9 Å². The van der Waals surface area contributed by atoms with E-state index in [2.05, 4.69) is 22.2 Å². The number of nitrogens with zero attached hydrogens (tertiary/aromatic N) is 1. The lowest BCUT2D eigenvalue weighted by molar-refractivity contribution is 0.399. The van der Waals surface area contributed by atoms with Gasteiger partial charge in [-0.05, 0) is 25.8 Å². The van der Waals surface area contributed by atoms with Gasteiger partial charge in [0.25, 0.3) is 5.56 Å². The predicted octanol–water partition coefficient (Wildman–Crippen LogP) is 2.95. The highest BCUT2D eigenvalue weighted by Gasteiger charge is 2.23. The monoisotopic (exact) mass is 295 g/mol. The third kappa shape index (κ3) is 4.94.